The molecule has 0 N–H and O–H groups in total. The van der Waals surface area contributed by atoms with Crippen molar-refractivity contribution >= 4 is 19.7 Å². The lowest BCUT2D eigenvalue weighted by Crippen LogP contribution is -2.50. The van der Waals surface area contributed by atoms with Crippen molar-refractivity contribution in [3.63, 3.8) is 0 Å². The zero-order chi connectivity index (χ0) is 8.06. The molecule has 2 heterocycles. The molecule has 2 aliphatic heterocycles. The SMILES string of the molecule is O=S(=O)(Cl)C1COC2CC1C2. The molecule has 2 bridgehead atoms. The average molecular weight is 197 g/mol. The van der Waals surface area contributed by atoms with E-state index >= 15 is 0 Å². The lowest BCUT2D eigenvalue weighted by atomic mass is 9.78. The predicted octanol–water partition coefficient (Wildman–Crippen LogP) is 0.732. The minimum Gasteiger partial charge on any atom is -0.377 e. The molecule has 0 aromatic heterocycles. The van der Waals surface area contributed by atoms with Crippen LogP contribution in [0.25, 0.3) is 0 Å². The van der Waals surface area contributed by atoms with Gasteiger partial charge in [0.1, 0.15) is 5.25 Å². The number of hydrogen-bond acceptors (Lipinski definition) is 3. The maximum Gasteiger partial charge on any atom is 0.238 e. The van der Waals surface area contributed by atoms with Crippen molar-refractivity contribution in [2.75, 3.05) is 6.61 Å². The highest BCUT2D eigenvalue weighted by molar-refractivity contribution is 8.14. The minimum atomic E-state index is -3.39. The highest BCUT2D eigenvalue weighted by Crippen LogP contribution is 2.41. The van der Waals surface area contributed by atoms with Crippen molar-refractivity contribution in [1.29, 1.82) is 0 Å². The summed E-state index contributed by atoms with van der Waals surface area (Å²) in [5.41, 5.74) is 0. The monoisotopic (exact) mass is 196 g/mol. The fraction of sp³-hybridized carbons (Fsp3) is 1.00. The third-order valence-corrected chi connectivity index (χ3v) is 4.45. The van der Waals surface area contributed by atoms with Crippen molar-refractivity contribution < 1.29 is 13.2 Å². The Morgan fingerprint density at radius 2 is 2.00 bits per heavy atom. The molecule has 11 heavy (non-hydrogen) atoms. The molecule has 64 valence electrons. The van der Waals surface area contributed by atoms with Gasteiger partial charge in [-0.05, 0) is 18.8 Å². The van der Waals surface area contributed by atoms with Crippen LogP contribution in [0.2, 0.25) is 0 Å². The van der Waals surface area contributed by atoms with Crippen LogP contribution in [0.4, 0.5) is 0 Å². The van der Waals surface area contributed by atoms with Gasteiger partial charge in [-0.3, -0.25) is 0 Å². The number of rotatable bonds is 1. The van der Waals surface area contributed by atoms with Gasteiger partial charge in [-0.15, -0.1) is 0 Å². The Morgan fingerprint density at radius 1 is 1.36 bits per heavy atom. The number of hydrogen-bond donors (Lipinski definition) is 0. The van der Waals surface area contributed by atoms with E-state index in [1.54, 1.807) is 0 Å². The molecule has 3 fully saturated rings. The molecule has 1 aliphatic carbocycles. The third-order valence-electron chi connectivity index (χ3n) is 2.51. The van der Waals surface area contributed by atoms with E-state index in [0.29, 0.717) is 12.7 Å². The summed E-state index contributed by atoms with van der Waals surface area (Å²) in [5.74, 6) is 0.260. The molecular weight excluding hydrogens is 188 g/mol. The fourth-order valence-corrected chi connectivity index (χ4v) is 3.24. The first-order valence-corrected chi connectivity index (χ1v) is 5.99. The van der Waals surface area contributed by atoms with Crippen LogP contribution in [-0.4, -0.2) is 26.4 Å². The lowest BCUT2D eigenvalue weighted by Gasteiger charge is -2.44. The Morgan fingerprint density at radius 3 is 2.27 bits per heavy atom. The van der Waals surface area contributed by atoms with Crippen LogP contribution in [0.5, 0.6) is 0 Å². The molecule has 1 saturated carbocycles. The van der Waals surface area contributed by atoms with Gasteiger partial charge in [-0.1, -0.05) is 0 Å². The van der Waals surface area contributed by atoms with Crippen LogP contribution in [0.1, 0.15) is 12.8 Å². The first-order valence-electron chi connectivity index (χ1n) is 3.62. The van der Waals surface area contributed by atoms with E-state index in [2.05, 4.69) is 0 Å². The summed E-state index contributed by atoms with van der Waals surface area (Å²) in [7, 11) is 1.83. The van der Waals surface area contributed by atoms with Crippen LogP contribution in [0.15, 0.2) is 0 Å². The molecule has 0 amide bonds. The maximum absolute atomic E-state index is 10.9. The van der Waals surface area contributed by atoms with Gasteiger partial charge in [0.15, 0.2) is 0 Å². The standard InChI is InChI=1S/C6H9ClO3S/c7-11(8,9)6-3-10-5-1-4(6)2-5/h4-6H,1-3H2. The number of fused-ring (bicyclic) bond motifs is 2. The molecule has 0 spiro atoms. The Hall–Kier alpha value is 0.200. The van der Waals surface area contributed by atoms with E-state index < -0.39 is 14.3 Å². The summed E-state index contributed by atoms with van der Waals surface area (Å²) >= 11 is 0. The zero-order valence-corrected chi connectivity index (χ0v) is 7.44. The molecule has 1 atom stereocenters. The highest BCUT2D eigenvalue weighted by Gasteiger charge is 2.46. The van der Waals surface area contributed by atoms with Crippen LogP contribution < -0.4 is 0 Å². The largest absolute Gasteiger partial charge is 0.377 e. The number of ether oxygens (including phenoxy) is 1. The summed E-state index contributed by atoms with van der Waals surface area (Å²) in [6.45, 7) is 0.293. The topological polar surface area (TPSA) is 43.4 Å². The highest BCUT2D eigenvalue weighted by atomic mass is 35.7. The summed E-state index contributed by atoms with van der Waals surface area (Å²) in [5, 5.41) is -0.450. The molecule has 3 aliphatic rings. The predicted molar refractivity (Wildman–Crippen MR) is 41.0 cm³/mol. The van der Waals surface area contributed by atoms with Crippen LogP contribution >= 0.6 is 10.7 Å². The smallest absolute Gasteiger partial charge is 0.238 e. The molecule has 1 unspecified atom stereocenters. The van der Waals surface area contributed by atoms with E-state index in [1.165, 1.54) is 0 Å². The van der Waals surface area contributed by atoms with Gasteiger partial charge in [0.25, 0.3) is 0 Å². The number of halogens is 1. The lowest BCUT2D eigenvalue weighted by molar-refractivity contribution is -0.0849. The Balaban J connectivity index is 2.15. The second kappa shape index (κ2) is 2.34. The van der Waals surface area contributed by atoms with Crippen LogP contribution in [0, 0.1) is 5.92 Å². The van der Waals surface area contributed by atoms with E-state index in [4.69, 9.17) is 15.4 Å². The zero-order valence-electron chi connectivity index (χ0n) is 5.86. The minimum absolute atomic E-state index is 0.260. The fourth-order valence-electron chi connectivity index (χ4n) is 1.72. The van der Waals surface area contributed by atoms with Gasteiger partial charge < -0.3 is 4.74 Å². The van der Waals surface area contributed by atoms with Gasteiger partial charge in [-0.2, -0.15) is 0 Å². The Bertz CT molecular complexity index is 252. The van der Waals surface area contributed by atoms with Crippen molar-refractivity contribution in [2.24, 2.45) is 5.92 Å². The first kappa shape index (κ1) is 7.83. The molecule has 5 heteroatoms. The summed E-state index contributed by atoms with van der Waals surface area (Å²) < 4.78 is 27.0. The van der Waals surface area contributed by atoms with Crippen LogP contribution in [-0.2, 0) is 13.8 Å². The molecular formula is C6H9ClO3S. The van der Waals surface area contributed by atoms with E-state index in [9.17, 15) is 8.42 Å². The van der Waals surface area contributed by atoms with Crippen molar-refractivity contribution in [2.45, 2.75) is 24.2 Å². The molecule has 2 saturated heterocycles. The maximum atomic E-state index is 10.9. The molecule has 0 aromatic carbocycles. The quantitative estimate of drug-likeness (QED) is 0.581. The van der Waals surface area contributed by atoms with Crippen LogP contribution in [0.3, 0.4) is 0 Å². The second-order valence-electron chi connectivity index (χ2n) is 3.20. The third kappa shape index (κ3) is 1.27. The summed E-state index contributed by atoms with van der Waals surface area (Å²) in [4.78, 5) is 0. The van der Waals surface area contributed by atoms with E-state index in [0.717, 1.165) is 12.8 Å². The van der Waals surface area contributed by atoms with Gasteiger partial charge in [-0.25, -0.2) is 8.42 Å². The van der Waals surface area contributed by atoms with Crippen molar-refractivity contribution in [3.05, 3.63) is 0 Å². The van der Waals surface area contributed by atoms with Gasteiger partial charge in [0.2, 0.25) is 9.05 Å². The van der Waals surface area contributed by atoms with E-state index in [1.807, 2.05) is 0 Å². The Kier molecular flexibility index (Phi) is 1.67. The van der Waals surface area contributed by atoms with Crippen molar-refractivity contribution in [3.8, 4) is 0 Å². The average Bonchev–Trinajstić information content (AvgIpc) is 1.84. The second-order valence-corrected chi connectivity index (χ2v) is 6.05. The first-order chi connectivity index (χ1) is 5.07. The Labute approximate surface area is 70.1 Å². The molecule has 3 nitrogen and oxygen atoms in total. The van der Waals surface area contributed by atoms with Gasteiger partial charge >= 0.3 is 0 Å². The molecule has 3 rings (SSSR count). The summed E-state index contributed by atoms with van der Waals surface area (Å²) in [6, 6.07) is 0. The van der Waals surface area contributed by atoms with Gasteiger partial charge in [0, 0.05) is 10.7 Å². The summed E-state index contributed by atoms with van der Waals surface area (Å²) in [6.07, 6.45) is 2.06. The van der Waals surface area contributed by atoms with Crippen molar-refractivity contribution in [1.82, 2.24) is 0 Å². The van der Waals surface area contributed by atoms with E-state index in [-0.39, 0.29) is 5.92 Å². The van der Waals surface area contributed by atoms with Gasteiger partial charge in [0.05, 0.1) is 12.7 Å². The normalized spacial score (nSPS) is 43.2. The molecule has 0 aromatic rings. The molecule has 0 radical (unpaired) electrons.